The summed E-state index contributed by atoms with van der Waals surface area (Å²) in [6.07, 6.45) is -0.00694. The van der Waals surface area contributed by atoms with Gasteiger partial charge in [0.25, 0.3) is 5.92 Å². The van der Waals surface area contributed by atoms with E-state index in [1.807, 2.05) is 0 Å². The molecular weight excluding hydrogens is 138 g/mol. The van der Waals surface area contributed by atoms with E-state index in [9.17, 15) is 8.78 Å². The van der Waals surface area contributed by atoms with Gasteiger partial charge in [0.05, 0.1) is 6.54 Å². The molecule has 0 unspecified atom stereocenters. The van der Waals surface area contributed by atoms with E-state index in [1.54, 1.807) is 4.90 Å². The molecule has 1 aliphatic rings. The predicted octanol–water partition coefficient (Wildman–Crippen LogP) is 0.286. The molecule has 1 fully saturated rings. The Balaban J connectivity index is 2.29. The molecule has 60 valence electrons. The zero-order chi connectivity index (χ0) is 7.61. The molecule has 0 aromatic carbocycles. The van der Waals surface area contributed by atoms with Crippen LogP contribution in [0.1, 0.15) is 6.42 Å². The van der Waals surface area contributed by atoms with Crippen molar-refractivity contribution in [1.82, 2.24) is 4.90 Å². The molecular formula is C6H12F2N2. The fourth-order valence-corrected chi connectivity index (χ4v) is 1.18. The number of nitrogens with two attached hydrogens (primary N) is 1. The number of hydrogen-bond acceptors (Lipinski definition) is 2. The Hall–Kier alpha value is -0.220. The molecule has 1 saturated heterocycles. The fraction of sp³-hybridized carbons (Fsp3) is 1.00. The van der Waals surface area contributed by atoms with E-state index in [-0.39, 0.29) is 13.0 Å². The van der Waals surface area contributed by atoms with Crippen LogP contribution in [0, 0.1) is 0 Å². The molecule has 0 amide bonds. The Morgan fingerprint density at radius 3 is 2.60 bits per heavy atom. The van der Waals surface area contributed by atoms with Gasteiger partial charge < -0.3 is 5.73 Å². The zero-order valence-corrected chi connectivity index (χ0v) is 5.82. The second-order valence-electron chi connectivity index (χ2n) is 2.67. The van der Waals surface area contributed by atoms with E-state index in [0.29, 0.717) is 19.6 Å². The highest BCUT2D eigenvalue weighted by atomic mass is 19.3. The molecule has 1 heterocycles. The van der Waals surface area contributed by atoms with E-state index in [2.05, 4.69) is 0 Å². The lowest BCUT2D eigenvalue weighted by Crippen LogP contribution is -2.29. The summed E-state index contributed by atoms with van der Waals surface area (Å²) in [5.41, 5.74) is 5.21. The Morgan fingerprint density at radius 1 is 1.50 bits per heavy atom. The molecule has 1 aliphatic heterocycles. The molecule has 0 radical (unpaired) electrons. The lowest BCUT2D eigenvalue weighted by molar-refractivity contribution is 0.0125. The maximum atomic E-state index is 12.4. The molecule has 0 aromatic rings. The Kier molecular flexibility index (Phi) is 2.21. The summed E-state index contributed by atoms with van der Waals surface area (Å²) in [4.78, 5) is 1.69. The number of halogens is 2. The van der Waals surface area contributed by atoms with Crippen molar-refractivity contribution in [2.45, 2.75) is 12.3 Å². The van der Waals surface area contributed by atoms with Gasteiger partial charge in [0, 0.05) is 26.1 Å². The van der Waals surface area contributed by atoms with Crippen LogP contribution < -0.4 is 5.73 Å². The maximum absolute atomic E-state index is 12.4. The van der Waals surface area contributed by atoms with Crippen molar-refractivity contribution in [2.75, 3.05) is 26.2 Å². The standard InChI is InChI=1S/C6H12F2N2/c7-6(8)1-3-10(5-6)4-2-9/h1-5,9H2. The summed E-state index contributed by atoms with van der Waals surface area (Å²) in [6.45, 7) is 1.44. The third kappa shape index (κ3) is 1.88. The van der Waals surface area contributed by atoms with E-state index in [0.717, 1.165) is 0 Å². The largest absolute Gasteiger partial charge is 0.329 e. The number of hydrogen-bond donors (Lipinski definition) is 1. The van der Waals surface area contributed by atoms with Gasteiger partial charge in [0.2, 0.25) is 0 Å². The molecule has 0 saturated carbocycles. The molecule has 2 N–H and O–H groups in total. The monoisotopic (exact) mass is 150 g/mol. The second kappa shape index (κ2) is 2.80. The van der Waals surface area contributed by atoms with Gasteiger partial charge in [-0.3, -0.25) is 4.90 Å². The Morgan fingerprint density at radius 2 is 2.20 bits per heavy atom. The van der Waals surface area contributed by atoms with Crippen molar-refractivity contribution in [1.29, 1.82) is 0 Å². The number of alkyl halides is 2. The van der Waals surface area contributed by atoms with Gasteiger partial charge in [-0.25, -0.2) is 8.78 Å². The minimum atomic E-state index is -2.46. The van der Waals surface area contributed by atoms with Crippen LogP contribution in [0.2, 0.25) is 0 Å². The van der Waals surface area contributed by atoms with Gasteiger partial charge in [0.15, 0.2) is 0 Å². The molecule has 0 bridgehead atoms. The highest BCUT2D eigenvalue weighted by Crippen LogP contribution is 2.25. The summed E-state index contributed by atoms with van der Waals surface area (Å²) < 4.78 is 24.9. The van der Waals surface area contributed by atoms with Crippen molar-refractivity contribution >= 4 is 0 Å². The van der Waals surface area contributed by atoms with Crippen LogP contribution in [0.25, 0.3) is 0 Å². The molecule has 0 aromatic heterocycles. The van der Waals surface area contributed by atoms with Gasteiger partial charge in [-0.2, -0.15) is 0 Å². The predicted molar refractivity (Wildman–Crippen MR) is 35.1 cm³/mol. The van der Waals surface area contributed by atoms with E-state index < -0.39 is 5.92 Å². The van der Waals surface area contributed by atoms with Crippen LogP contribution in [-0.4, -0.2) is 37.0 Å². The topological polar surface area (TPSA) is 29.3 Å². The summed E-state index contributed by atoms with van der Waals surface area (Å²) in [5.74, 6) is -2.46. The number of rotatable bonds is 2. The van der Waals surface area contributed by atoms with Crippen LogP contribution in [0.3, 0.4) is 0 Å². The Bertz CT molecular complexity index is 116. The minimum absolute atomic E-state index is 0.00694. The van der Waals surface area contributed by atoms with Crippen molar-refractivity contribution < 1.29 is 8.78 Å². The van der Waals surface area contributed by atoms with Gasteiger partial charge in [0.1, 0.15) is 0 Å². The van der Waals surface area contributed by atoms with Crippen LogP contribution in [-0.2, 0) is 0 Å². The SMILES string of the molecule is NCCN1CCC(F)(F)C1. The van der Waals surface area contributed by atoms with Crippen molar-refractivity contribution in [3.05, 3.63) is 0 Å². The summed E-state index contributed by atoms with van der Waals surface area (Å²) in [6, 6.07) is 0. The van der Waals surface area contributed by atoms with Gasteiger partial charge in [-0.15, -0.1) is 0 Å². The lowest BCUT2D eigenvalue weighted by Gasteiger charge is -2.13. The number of nitrogens with zero attached hydrogens (tertiary/aromatic N) is 1. The van der Waals surface area contributed by atoms with E-state index in [1.165, 1.54) is 0 Å². The summed E-state index contributed by atoms with van der Waals surface area (Å²) in [5, 5.41) is 0. The average Bonchev–Trinajstić information content (AvgIpc) is 2.12. The fourth-order valence-electron chi connectivity index (χ4n) is 1.18. The molecule has 2 nitrogen and oxygen atoms in total. The molecule has 0 spiro atoms. The van der Waals surface area contributed by atoms with Crippen LogP contribution in [0.15, 0.2) is 0 Å². The maximum Gasteiger partial charge on any atom is 0.261 e. The van der Waals surface area contributed by atoms with Gasteiger partial charge in [-0.05, 0) is 0 Å². The zero-order valence-electron chi connectivity index (χ0n) is 5.82. The van der Waals surface area contributed by atoms with Gasteiger partial charge >= 0.3 is 0 Å². The van der Waals surface area contributed by atoms with Crippen molar-refractivity contribution in [3.8, 4) is 0 Å². The Labute approximate surface area is 59.0 Å². The first-order chi connectivity index (χ1) is 4.64. The minimum Gasteiger partial charge on any atom is -0.329 e. The quantitative estimate of drug-likeness (QED) is 0.613. The second-order valence-corrected chi connectivity index (χ2v) is 2.67. The number of likely N-dealkylation sites (tertiary alicyclic amines) is 1. The highest BCUT2D eigenvalue weighted by Gasteiger charge is 2.37. The first kappa shape index (κ1) is 7.88. The summed E-state index contributed by atoms with van der Waals surface area (Å²) >= 11 is 0. The van der Waals surface area contributed by atoms with E-state index in [4.69, 9.17) is 5.73 Å². The highest BCUT2D eigenvalue weighted by molar-refractivity contribution is 4.81. The average molecular weight is 150 g/mol. The smallest absolute Gasteiger partial charge is 0.261 e. The molecule has 0 aliphatic carbocycles. The molecule has 4 heteroatoms. The molecule has 0 atom stereocenters. The normalized spacial score (nSPS) is 25.5. The van der Waals surface area contributed by atoms with Crippen LogP contribution >= 0.6 is 0 Å². The molecule has 10 heavy (non-hydrogen) atoms. The third-order valence-corrected chi connectivity index (χ3v) is 1.69. The first-order valence-electron chi connectivity index (χ1n) is 3.44. The van der Waals surface area contributed by atoms with E-state index >= 15 is 0 Å². The van der Waals surface area contributed by atoms with Gasteiger partial charge in [-0.1, -0.05) is 0 Å². The third-order valence-electron chi connectivity index (χ3n) is 1.69. The summed E-state index contributed by atoms with van der Waals surface area (Å²) in [7, 11) is 0. The van der Waals surface area contributed by atoms with Crippen LogP contribution in [0.5, 0.6) is 0 Å². The van der Waals surface area contributed by atoms with Crippen LogP contribution in [0.4, 0.5) is 8.78 Å². The van der Waals surface area contributed by atoms with Crippen molar-refractivity contribution in [2.24, 2.45) is 5.73 Å². The molecule has 1 rings (SSSR count). The lowest BCUT2D eigenvalue weighted by atomic mass is 10.3. The first-order valence-corrected chi connectivity index (χ1v) is 3.44. The van der Waals surface area contributed by atoms with Crippen molar-refractivity contribution in [3.63, 3.8) is 0 Å².